The van der Waals surface area contributed by atoms with Crippen LogP contribution in [0.15, 0.2) is 11.8 Å². The Morgan fingerprint density at radius 2 is 2.07 bits per heavy atom. The highest BCUT2D eigenvalue weighted by Crippen LogP contribution is 2.08. The van der Waals surface area contributed by atoms with E-state index in [0.29, 0.717) is 0 Å². The SMILES string of the molecule is CCCCN(C)/C(C)=C/C(=O)C(Cl)Cl. The molecule has 0 rings (SSSR count). The van der Waals surface area contributed by atoms with Crippen LogP contribution in [0.3, 0.4) is 0 Å². The van der Waals surface area contributed by atoms with Gasteiger partial charge in [0.2, 0.25) is 0 Å². The van der Waals surface area contributed by atoms with Crippen molar-refractivity contribution in [2.45, 2.75) is 31.5 Å². The fourth-order valence-corrected chi connectivity index (χ4v) is 1.08. The van der Waals surface area contributed by atoms with Gasteiger partial charge >= 0.3 is 0 Å². The van der Waals surface area contributed by atoms with Crippen LogP contribution in [-0.2, 0) is 4.79 Å². The predicted octanol–water partition coefficient (Wildman–Crippen LogP) is 2.99. The third-order valence-corrected chi connectivity index (χ3v) is 2.45. The largest absolute Gasteiger partial charge is 0.378 e. The van der Waals surface area contributed by atoms with Gasteiger partial charge in [0, 0.05) is 25.4 Å². The minimum Gasteiger partial charge on any atom is -0.378 e. The summed E-state index contributed by atoms with van der Waals surface area (Å²) in [6.07, 6.45) is 3.74. The van der Waals surface area contributed by atoms with Crippen molar-refractivity contribution in [3.05, 3.63) is 11.8 Å². The third kappa shape index (κ3) is 5.51. The first kappa shape index (κ1) is 13.8. The maximum Gasteiger partial charge on any atom is 0.190 e. The Balaban J connectivity index is 4.15. The monoisotopic (exact) mass is 237 g/mol. The smallest absolute Gasteiger partial charge is 0.190 e. The predicted molar refractivity (Wildman–Crippen MR) is 61.8 cm³/mol. The second kappa shape index (κ2) is 7.13. The van der Waals surface area contributed by atoms with Crippen molar-refractivity contribution in [1.29, 1.82) is 0 Å². The molecule has 0 radical (unpaired) electrons. The second-order valence-electron chi connectivity index (χ2n) is 3.26. The van der Waals surface area contributed by atoms with Crippen molar-refractivity contribution in [2.75, 3.05) is 13.6 Å². The summed E-state index contributed by atoms with van der Waals surface area (Å²) in [6.45, 7) is 4.96. The molecule has 14 heavy (non-hydrogen) atoms. The molecule has 0 aliphatic heterocycles. The molecule has 4 heteroatoms. The zero-order chi connectivity index (χ0) is 11.1. The van der Waals surface area contributed by atoms with Crippen LogP contribution in [0, 0.1) is 0 Å². The van der Waals surface area contributed by atoms with Crippen LogP contribution in [0.4, 0.5) is 0 Å². The minimum absolute atomic E-state index is 0.255. The van der Waals surface area contributed by atoms with Crippen molar-refractivity contribution in [3.8, 4) is 0 Å². The van der Waals surface area contributed by atoms with E-state index < -0.39 is 4.84 Å². The maximum absolute atomic E-state index is 11.2. The van der Waals surface area contributed by atoms with Gasteiger partial charge in [-0.05, 0) is 13.3 Å². The van der Waals surface area contributed by atoms with Gasteiger partial charge in [-0.1, -0.05) is 36.5 Å². The van der Waals surface area contributed by atoms with Gasteiger partial charge in [0.25, 0.3) is 0 Å². The van der Waals surface area contributed by atoms with Gasteiger partial charge in [-0.2, -0.15) is 0 Å². The summed E-state index contributed by atoms with van der Waals surface area (Å²) in [5, 5.41) is 0. The van der Waals surface area contributed by atoms with Gasteiger partial charge in [0.15, 0.2) is 10.6 Å². The Labute approximate surface area is 95.9 Å². The van der Waals surface area contributed by atoms with Crippen LogP contribution in [0.25, 0.3) is 0 Å². The van der Waals surface area contributed by atoms with Crippen LogP contribution < -0.4 is 0 Å². The van der Waals surface area contributed by atoms with E-state index in [1.54, 1.807) is 0 Å². The van der Waals surface area contributed by atoms with Crippen LogP contribution in [0.5, 0.6) is 0 Å². The normalized spacial score (nSPS) is 12.0. The van der Waals surface area contributed by atoms with Gasteiger partial charge < -0.3 is 4.90 Å². The fraction of sp³-hybridized carbons (Fsp3) is 0.700. The van der Waals surface area contributed by atoms with Gasteiger partial charge in [-0.25, -0.2) is 0 Å². The minimum atomic E-state index is -0.954. The molecule has 0 aromatic heterocycles. The number of nitrogens with zero attached hydrogens (tertiary/aromatic N) is 1. The number of alkyl halides is 2. The van der Waals surface area contributed by atoms with E-state index in [1.165, 1.54) is 6.08 Å². The molecule has 0 bridgehead atoms. The molecule has 0 saturated heterocycles. The number of rotatable bonds is 6. The second-order valence-corrected chi connectivity index (χ2v) is 4.36. The number of allylic oxidation sites excluding steroid dienone is 2. The fourth-order valence-electron chi connectivity index (χ4n) is 0.951. The lowest BCUT2D eigenvalue weighted by molar-refractivity contribution is -0.113. The van der Waals surface area contributed by atoms with Crippen LogP contribution in [0.1, 0.15) is 26.7 Å². The molecule has 0 amide bonds. The van der Waals surface area contributed by atoms with E-state index in [2.05, 4.69) is 6.92 Å². The van der Waals surface area contributed by atoms with Crippen molar-refractivity contribution in [3.63, 3.8) is 0 Å². The molecule has 0 saturated carbocycles. The molecular weight excluding hydrogens is 221 g/mol. The number of halogens is 2. The Bertz CT molecular complexity index is 214. The van der Waals surface area contributed by atoms with Crippen molar-refractivity contribution in [2.24, 2.45) is 0 Å². The maximum atomic E-state index is 11.2. The number of carbonyl (C=O) groups excluding carboxylic acids is 1. The van der Waals surface area contributed by atoms with Crippen LogP contribution >= 0.6 is 23.2 Å². The summed E-state index contributed by atoms with van der Waals surface area (Å²) in [6, 6.07) is 0. The number of hydrogen-bond acceptors (Lipinski definition) is 2. The average molecular weight is 238 g/mol. The first-order chi connectivity index (χ1) is 6.49. The Morgan fingerprint density at radius 1 is 1.50 bits per heavy atom. The van der Waals surface area contributed by atoms with Crippen molar-refractivity contribution < 1.29 is 4.79 Å². The lowest BCUT2D eigenvalue weighted by atomic mass is 10.3. The van der Waals surface area contributed by atoms with Gasteiger partial charge in [-0.3, -0.25) is 4.79 Å². The summed E-state index contributed by atoms with van der Waals surface area (Å²) >= 11 is 10.9. The summed E-state index contributed by atoms with van der Waals surface area (Å²) < 4.78 is 0. The van der Waals surface area contributed by atoms with Gasteiger partial charge in [0.1, 0.15) is 0 Å². The summed E-state index contributed by atoms with van der Waals surface area (Å²) in [7, 11) is 1.95. The quantitative estimate of drug-likeness (QED) is 0.523. The molecule has 82 valence electrons. The van der Waals surface area contributed by atoms with Crippen LogP contribution in [0.2, 0.25) is 0 Å². The van der Waals surface area contributed by atoms with Gasteiger partial charge in [0.05, 0.1) is 0 Å². The van der Waals surface area contributed by atoms with E-state index in [0.717, 1.165) is 25.1 Å². The molecule has 0 aromatic rings. The summed E-state index contributed by atoms with van der Waals surface area (Å²) in [5.74, 6) is -0.255. The Kier molecular flexibility index (Phi) is 7.02. The van der Waals surface area contributed by atoms with Gasteiger partial charge in [-0.15, -0.1) is 0 Å². The molecule has 0 atom stereocenters. The molecule has 0 fully saturated rings. The number of ketones is 1. The highest BCUT2D eigenvalue weighted by molar-refractivity contribution is 6.54. The zero-order valence-electron chi connectivity index (χ0n) is 8.89. The topological polar surface area (TPSA) is 20.3 Å². The molecule has 0 heterocycles. The van der Waals surface area contributed by atoms with E-state index in [-0.39, 0.29) is 5.78 Å². The Hall–Kier alpha value is -0.210. The molecule has 0 N–H and O–H groups in total. The van der Waals surface area contributed by atoms with E-state index >= 15 is 0 Å². The first-order valence-electron chi connectivity index (χ1n) is 4.70. The number of carbonyl (C=O) groups is 1. The standard InChI is InChI=1S/C10H17Cl2NO/c1-4-5-6-13(3)8(2)7-9(14)10(11)12/h7,10H,4-6H2,1-3H3/b8-7+. The molecular formula is C10H17Cl2NO. The highest BCUT2D eigenvalue weighted by Gasteiger charge is 2.09. The van der Waals surface area contributed by atoms with E-state index in [9.17, 15) is 4.79 Å². The molecule has 0 aromatic carbocycles. The third-order valence-electron chi connectivity index (χ3n) is 2.02. The number of hydrogen-bond donors (Lipinski definition) is 0. The summed E-state index contributed by atoms with van der Waals surface area (Å²) in [5.41, 5.74) is 0.898. The Morgan fingerprint density at radius 3 is 2.50 bits per heavy atom. The zero-order valence-corrected chi connectivity index (χ0v) is 10.4. The number of unbranched alkanes of at least 4 members (excludes halogenated alkanes) is 1. The summed E-state index contributed by atoms with van der Waals surface area (Å²) in [4.78, 5) is 12.2. The van der Waals surface area contributed by atoms with Crippen molar-refractivity contribution in [1.82, 2.24) is 4.90 Å². The molecule has 0 unspecified atom stereocenters. The van der Waals surface area contributed by atoms with Crippen LogP contribution in [-0.4, -0.2) is 29.1 Å². The lowest BCUT2D eigenvalue weighted by Gasteiger charge is -2.19. The molecule has 2 nitrogen and oxygen atoms in total. The van der Waals surface area contributed by atoms with E-state index in [4.69, 9.17) is 23.2 Å². The van der Waals surface area contributed by atoms with Crippen molar-refractivity contribution >= 4 is 29.0 Å². The molecule has 0 spiro atoms. The van der Waals surface area contributed by atoms with E-state index in [1.807, 2.05) is 18.9 Å². The highest BCUT2D eigenvalue weighted by atomic mass is 35.5. The molecule has 0 aliphatic rings. The first-order valence-corrected chi connectivity index (χ1v) is 5.57. The lowest BCUT2D eigenvalue weighted by Crippen LogP contribution is -2.19. The molecule has 0 aliphatic carbocycles. The average Bonchev–Trinajstić information content (AvgIpc) is 2.13.